The van der Waals surface area contributed by atoms with Crippen LogP contribution >= 0.6 is 0 Å². The molecule has 364 valence electrons. The molecule has 1 heterocycles. The van der Waals surface area contributed by atoms with Crippen molar-refractivity contribution >= 4 is 38.6 Å². The minimum absolute atomic E-state index is 0.492. The summed E-state index contributed by atoms with van der Waals surface area (Å²) in [7, 11) is 0. The Morgan fingerprint density at radius 3 is 1.36 bits per heavy atom. The number of fused-ring (bicyclic) bond motifs is 16. The van der Waals surface area contributed by atoms with Crippen LogP contribution in [0.4, 0.5) is 17.1 Å². The highest BCUT2D eigenvalue weighted by molar-refractivity contribution is 6.01. The second-order valence-electron chi connectivity index (χ2n) is 21.0. The molecule has 2 heteroatoms. The van der Waals surface area contributed by atoms with E-state index >= 15 is 0 Å². The van der Waals surface area contributed by atoms with Gasteiger partial charge in [-0.2, -0.15) is 0 Å². The number of para-hydroxylation sites is 1. The van der Waals surface area contributed by atoms with Gasteiger partial charge in [0, 0.05) is 38.8 Å². The molecule has 0 amide bonds. The molecule has 1 aliphatic heterocycles. The Kier molecular flexibility index (Phi) is 9.80. The third-order valence-electron chi connectivity index (χ3n) is 17.2. The largest absolute Gasteiger partial charge is 0.455 e. The Labute approximate surface area is 454 Å². The van der Waals surface area contributed by atoms with Crippen LogP contribution in [0.25, 0.3) is 66.1 Å². The normalized spacial score (nSPS) is 13.7. The quantitative estimate of drug-likeness (QED) is 0.158. The number of ether oxygens (including phenoxy) is 1. The molecular formula is C76H49NO. The first kappa shape index (κ1) is 44.3. The number of nitrogens with zero attached hydrogens (tertiary/aromatic N) is 1. The van der Waals surface area contributed by atoms with Crippen molar-refractivity contribution in [2.45, 2.75) is 10.8 Å². The summed E-state index contributed by atoms with van der Waals surface area (Å²) < 4.78 is 7.27. The van der Waals surface area contributed by atoms with Crippen molar-refractivity contribution in [1.82, 2.24) is 0 Å². The summed E-state index contributed by atoms with van der Waals surface area (Å²) in [5.41, 5.74) is 21.7. The minimum Gasteiger partial charge on any atom is -0.455 e. The predicted molar refractivity (Wildman–Crippen MR) is 322 cm³/mol. The van der Waals surface area contributed by atoms with Crippen molar-refractivity contribution in [1.29, 1.82) is 0 Å². The third kappa shape index (κ3) is 6.26. The van der Waals surface area contributed by atoms with E-state index in [1.807, 2.05) is 0 Å². The fourth-order valence-corrected chi connectivity index (χ4v) is 13.9. The van der Waals surface area contributed by atoms with E-state index in [0.29, 0.717) is 0 Å². The highest BCUT2D eigenvalue weighted by Crippen LogP contribution is 2.64. The van der Waals surface area contributed by atoms with E-state index in [2.05, 4.69) is 302 Å². The zero-order chi connectivity index (χ0) is 51.4. The van der Waals surface area contributed by atoms with Gasteiger partial charge < -0.3 is 9.64 Å². The lowest BCUT2D eigenvalue weighted by atomic mass is 9.65. The van der Waals surface area contributed by atoms with Crippen molar-refractivity contribution in [3.63, 3.8) is 0 Å². The predicted octanol–water partition coefficient (Wildman–Crippen LogP) is 19.6. The summed E-state index contributed by atoms with van der Waals surface area (Å²) in [6, 6.07) is 110. The number of benzene rings is 13. The minimum atomic E-state index is -0.637. The van der Waals surface area contributed by atoms with Crippen LogP contribution in [0.3, 0.4) is 0 Å². The topological polar surface area (TPSA) is 12.5 Å². The molecule has 0 saturated carbocycles. The van der Waals surface area contributed by atoms with E-state index in [0.717, 1.165) is 77.9 Å². The summed E-state index contributed by atoms with van der Waals surface area (Å²) in [5, 5.41) is 4.55. The molecule has 13 aromatic rings. The van der Waals surface area contributed by atoms with Crippen LogP contribution in [0.1, 0.15) is 44.5 Å². The molecule has 0 bridgehead atoms. The van der Waals surface area contributed by atoms with Gasteiger partial charge in [0.25, 0.3) is 0 Å². The van der Waals surface area contributed by atoms with Gasteiger partial charge in [0.2, 0.25) is 0 Å². The van der Waals surface area contributed by atoms with E-state index in [1.165, 1.54) is 61.2 Å². The van der Waals surface area contributed by atoms with Crippen LogP contribution in [0, 0.1) is 0 Å². The standard InChI is InChI=1S/C76H49NO/c1-4-20-51(21-5-1)59-28-16-19-35-72(59)77(58-43-47-68-65(49-58)63-32-15-17-33-66(63)75(68,55-24-6-2-7-25-55)56-26-8-3-9-27-56)57-41-36-50(37-42-57)54-38-44-64-62-31-14-18-34-67(62)76(71(64)48-54)69-45-39-52-22-10-12-29-60(52)73(69)78-74-61-30-13-11-23-53(61)40-46-70(74)76/h1-49H. The van der Waals surface area contributed by atoms with Gasteiger partial charge in [0.1, 0.15) is 11.5 Å². The first-order valence-corrected chi connectivity index (χ1v) is 27.1. The zero-order valence-electron chi connectivity index (χ0n) is 42.6. The second kappa shape index (κ2) is 17.3. The first-order chi connectivity index (χ1) is 38.7. The highest BCUT2D eigenvalue weighted by atomic mass is 16.5. The molecule has 1 spiro atoms. The molecule has 16 rings (SSSR count). The molecule has 0 atom stereocenters. The molecule has 0 unspecified atom stereocenters. The molecular weight excluding hydrogens is 943 g/mol. The van der Waals surface area contributed by atoms with Crippen LogP contribution in [0.15, 0.2) is 297 Å². The Hall–Kier alpha value is -10.0. The number of rotatable bonds is 7. The van der Waals surface area contributed by atoms with Crippen LogP contribution in [0.5, 0.6) is 11.5 Å². The number of anilines is 3. The third-order valence-corrected chi connectivity index (χ3v) is 17.2. The monoisotopic (exact) mass is 991 g/mol. The summed E-state index contributed by atoms with van der Waals surface area (Å²) in [4.78, 5) is 2.46. The van der Waals surface area contributed by atoms with E-state index < -0.39 is 10.8 Å². The van der Waals surface area contributed by atoms with Gasteiger partial charge in [0.05, 0.1) is 16.5 Å². The molecule has 13 aromatic carbocycles. The fraction of sp³-hybridized carbons (Fsp3) is 0.0263. The van der Waals surface area contributed by atoms with Crippen molar-refractivity contribution in [3.8, 4) is 56.0 Å². The number of hydrogen-bond acceptors (Lipinski definition) is 2. The van der Waals surface area contributed by atoms with Crippen molar-refractivity contribution in [3.05, 3.63) is 342 Å². The SMILES string of the molecule is c1ccc(-c2ccccc2N(c2ccc(-c3ccc4c(c3)C3(c5ccccc5-4)c4ccc5ccccc5c4Oc4c3ccc3ccccc43)cc2)c2ccc3c(c2)-c2ccccc2C3(c2ccccc2)c2ccccc2)cc1. The maximum absolute atomic E-state index is 7.27. The van der Waals surface area contributed by atoms with Crippen molar-refractivity contribution in [2.24, 2.45) is 0 Å². The maximum atomic E-state index is 7.27. The van der Waals surface area contributed by atoms with Gasteiger partial charge in [-0.15, -0.1) is 0 Å². The fourth-order valence-electron chi connectivity index (χ4n) is 13.9. The Balaban J connectivity index is 0.882. The molecule has 0 N–H and O–H groups in total. The first-order valence-electron chi connectivity index (χ1n) is 27.1. The molecule has 2 nitrogen and oxygen atoms in total. The molecule has 0 fully saturated rings. The van der Waals surface area contributed by atoms with Gasteiger partial charge in [-0.25, -0.2) is 0 Å². The summed E-state index contributed by atoms with van der Waals surface area (Å²) in [6.45, 7) is 0. The van der Waals surface area contributed by atoms with Crippen LogP contribution in [-0.2, 0) is 10.8 Å². The van der Waals surface area contributed by atoms with Crippen LogP contribution in [-0.4, -0.2) is 0 Å². The molecule has 0 aromatic heterocycles. The van der Waals surface area contributed by atoms with E-state index in [-0.39, 0.29) is 0 Å². The maximum Gasteiger partial charge on any atom is 0.140 e. The summed E-state index contributed by atoms with van der Waals surface area (Å²) in [5.74, 6) is 1.84. The zero-order valence-corrected chi connectivity index (χ0v) is 42.6. The lowest BCUT2D eigenvalue weighted by Crippen LogP contribution is -2.32. The van der Waals surface area contributed by atoms with Gasteiger partial charge in [-0.05, 0) is 119 Å². The Morgan fingerprint density at radius 1 is 0.256 bits per heavy atom. The van der Waals surface area contributed by atoms with Gasteiger partial charge in [0.15, 0.2) is 0 Å². The van der Waals surface area contributed by atoms with Crippen molar-refractivity contribution in [2.75, 3.05) is 4.90 Å². The van der Waals surface area contributed by atoms with Crippen LogP contribution in [0.2, 0.25) is 0 Å². The van der Waals surface area contributed by atoms with E-state index in [1.54, 1.807) is 0 Å². The number of hydrogen-bond donors (Lipinski definition) is 0. The van der Waals surface area contributed by atoms with Gasteiger partial charge in [-0.3, -0.25) is 0 Å². The van der Waals surface area contributed by atoms with E-state index in [4.69, 9.17) is 4.74 Å². The smallest absolute Gasteiger partial charge is 0.140 e. The Morgan fingerprint density at radius 2 is 0.718 bits per heavy atom. The Bertz CT molecular complexity index is 4400. The lowest BCUT2D eigenvalue weighted by molar-refractivity contribution is 0.447. The molecule has 78 heavy (non-hydrogen) atoms. The molecule has 0 saturated heterocycles. The molecule has 2 aliphatic carbocycles. The summed E-state index contributed by atoms with van der Waals surface area (Å²) >= 11 is 0. The van der Waals surface area contributed by atoms with Crippen molar-refractivity contribution < 1.29 is 4.74 Å². The van der Waals surface area contributed by atoms with Gasteiger partial charge in [-0.1, -0.05) is 261 Å². The molecule has 0 radical (unpaired) electrons. The average Bonchev–Trinajstić information content (AvgIpc) is 3.84. The van der Waals surface area contributed by atoms with Crippen LogP contribution < -0.4 is 9.64 Å². The molecule has 3 aliphatic rings. The summed E-state index contributed by atoms with van der Waals surface area (Å²) in [6.07, 6.45) is 0. The second-order valence-corrected chi connectivity index (χ2v) is 21.0. The average molecular weight is 992 g/mol. The van der Waals surface area contributed by atoms with Gasteiger partial charge >= 0.3 is 0 Å². The lowest BCUT2D eigenvalue weighted by Gasteiger charge is -2.40. The van der Waals surface area contributed by atoms with E-state index in [9.17, 15) is 0 Å². The highest BCUT2D eigenvalue weighted by Gasteiger charge is 2.52.